The Kier molecular flexibility index (Phi) is 9.06. The molecule has 0 aliphatic heterocycles. The maximum Gasteiger partial charge on any atom is 0.191 e. The number of nitrogens with one attached hydrogen (secondary N) is 2. The van der Waals surface area contributed by atoms with E-state index in [0.29, 0.717) is 19.0 Å². The summed E-state index contributed by atoms with van der Waals surface area (Å²) in [6.07, 6.45) is 3.93. The van der Waals surface area contributed by atoms with Crippen molar-refractivity contribution in [2.45, 2.75) is 32.4 Å². The molecule has 2 rings (SSSR count). The molecule has 0 fully saturated rings. The highest BCUT2D eigenvalue weighted by atomic mass is 127. The molecule has 0 bridgehead atoms. The Morgan fingerprint density at radius 3 is 2.58 bits per heavy atom. The van der Waals surface area contributed by atoms with Crippen LogP contribution < -0.4 is 10.6 Å². The van der Waals surface area contributed by atoms with Crippen LogP contribution in [-0.4, -0.2) is 53.5 Å². The van der Waals surface area contributed by atoms with Crippen molar-refractivity contribution in [3.63, 3.8) is 0 Å². The minimum absolute atomic E-state index is 0. The molecule has 0 aliphatic carbocycles. The van der Waals surface area contributed by atoms with Gasteiger partial charge in [-0.3, -0.25) is 9.67 Å². The Morgan fingerprint density at radius 2 is 2.08 bits per heavy atom. The lowest BCUT2D eigenvalue weighted by atomic mass is 10.1. The Balaban J connectivity index is 0.00000338. The van der Waals surface area contributed by atoms with Crippen LogP contribution in [0.25, 0.3) is 0 Å². The number of halogens is 1. The van der Waals surface area contributed by atoms with Gasteiger partial charge in [-0.05, 0) is 20.0 Å². The summed E-state index contributed by atoms with van der Waals surface area (Å²) in [5.41, 5.74) is 2.12. The van der Waals surface area contributed by atoms with Crippen molar-refractivity contribution in [3.05, 3.63) is 35.5 Å². The fraction of sp³-hybridized carbons (Fsp3) is 0.588. The fourth-order valence-corrected chi connectivity index (χ4v) is 2.48. The number of aryl methyl sites for hydroxylation is 1. The van der Waals surface area contributed by atoms with E-state index in [1.54, 1.807) is 7.05 Å². The number of aliphatic imine (C=N–C) groups is 1. The summed E-state index contributed by atoms with van der Waals surface area (Å²) in [5.74, 6) is 1.87. The van der Waals surface area contributed by atoms with Crippen molar-refractivity contribution in [3.8, 4) is 0 Å². The van der Waals surface area contributed by atoms with Crippen LogP contribution in [0.5, 0.6) is 0 Å². The molecule has 2 N–H and O–H groups in total. The van der Waals surface area contributed by atoms with Crippen LogP contribution in [0.1, 0.15) is 42.8 Å². The second-order valence-electron chi connectivity index (χ2n) is 6.61. The maximum atomic E-state index is 5.34. The van der Waals surface area contributed by atoms with Crippen molar-refractivity contribution in [1.82, 2.24) is 30.5 Å². The maximum absolute atomic E-state index is 5.34. The molecule has 2 heterocycles. The van der Waals surface area contributed by atoms with E-state index in [4.69, 9.17) is 4.52 Å². The average Bonchev–Trinajstić information content (AvgIpc) is 3.19. The minimum atomic E-state index is 0. The van der Waals surface area contributed by atoms with Gasteiger partial charge in [-0.2, -0.15) is 5.10 Å². The molecule has 0 spiro atoms. The molecule has 8 nitrogen and oxygen atoms in total. The van der Waals surface area contributed by atoms with E-state index < -0.39 is 0 Å². The Bertz CT molecular complexity index is 693. The first kappa shape index (κ1) is 22.4. The first-order valence-corrected chi connectivity index (χ1v) is 8.45. The molecule has 1 atom stereocenters. The highest BCUT2D eigenvalue weighted by Gasteiger charge is 2.16. The predicted octanol–water partition coefficient (Wildman–Crippen LogP) is 2.12. The molecule has 9 heteroatoms. The molecule has 26 heavy (non-hydrogen) atoms. The normalized spacial score (nSPS) is 13.0. The SMILES string of the molecule is CN=C(NCc1cc(C(C)C)no1)NCC(c1cnn(C)c1)N(C)C.I. The molecule has 0 aromatic carbocycles. The molecule has 0 saturated carbocycles. The number of aromatic nitrogens is 3. The van der Waals surface area contributed by atoms with Crippen LogP contribution in [0.4, 0.5) is 0 Å². The number of guanidine groups is 1. The molecule has 2 aromatic heterocycles. The summed E-state index contributed by atoms with van der Waals surface area (Å²) >= 11 is 0. The van der Waals surface area contributed by atoms with E-state index in [-0.39, 0.29) is 30.0 Å². The Labute approximate surface area is 172 Å². The van der Waals surface area contributed by atoms with Gasteiger partial charge >= 0.3 is 0 Å². The Morgan fingerprint density at radius 1 is 1.35 bits per heavy atom. The Hall–Kier alpha value is -1.62. The van der Waals surface area contributed by atoms with Gasteiger partial charge in [0, 0.05) is 38.5 Å². The second kappa shape index (κ2) is 10.5. The number of hydrogen-bond acceptors (Lipinski definition) is 5. The van der Waals surface area contributed by atoms with Gasteiger partial charge in [0.05, 0.1) is 24.5 Å². The molecular formula is C17H30IN7O. The van der Waals surface area contributed by atoms with Crippen LogP contribution in [0, 0.1) is 0 Å². The fourth-order valence-electron chi connectivity index (χ4n) is 2.48. The van der Waals surface area contributed by atoms with Crippen LogP contribution in [-0.2, 0) is 13.6 Å². The lowest BCUT2D eigenvalue weighted by Gasteiger charge is -2.24. The minimum Gasteiger partial charge on any atom is -0.359 e. The summed E-state index contributed by atoms with van der Waals surface area (Å²) in [5, 5.41) is 14.9. The number of nitrogens with zero attached hydrogens (tertiary/aromatic N) is 5. The van der Waals surface area contributed by atoms with Crippen LogP contribution >= 0.6 is 24.0 Å². The van der Waals surface area contributed by atoms with Gasteiger partial charge in [0.1, 0.15) is 0 Å². The van der Waals surface area contributed by atoms with Gasteiger partial charge in [-0.25, -0.2) is 0 Å². The molecule has 0 aliphatic rings. The zero-order valence-corrected chi connectivity index (χ0v) is 18.7. The van der Waals surface area contributed by atoms with E-state index in [1.807, 2.05) is 30.2 Å². The monoisotopic (exact) mass is 475 g/mol. The van der Waals surface area contributed by atoms with Crippen molar-refractivity contribution in [2.24, 2.45) is 12.0 Å². The third kappa shape index (κ3) is 6.27. The summed E-state index contributed by atoms with van der Waals surface area (Å²) in [6.45, 7) is 5.44. The number of hydrogen-bond donors (Lipinski definition) is 2. The van der Waals surface area contributed by atoms with E-state index in [2.05, 4.69) is 58.7 Å². The smallest absolute Gasteiger partial charge is 0.191 e. The van der Waals surface area contributed by atoms with Crippen LogP contribution in [0.15, 0.2) is 28.0 Å². The molecule has 2 aromatic rings. The molecule has 1 unspecified atom stereocenters. The van der Waals surface area contributed by atoms with Gasteiger partial charge in [0.15, 0.2) is 11.7 Å². The van der Waals surface area contributed by atoms with Gasteiger partial charge in [-0.15, -0.1) is 24.0 Å². The third-order valence-corrected chi connectivity index (χ3v) is 4.02. The van der Waals surface area contributed by atoms with E-state index >= 15 is 0 Å². The zero-order valence-electron chi connectivity index (χ0n) is 16.4. The van der Waals surface area contributed by atoms with E-state index in [9.17, 15) is 0 Å². The van der Waals surface area contributed by atoms with Crippen molar-refractivity contribution >= 4 is 29.9 Å². The molecule has 0 radical (unpaired) electrons. The lowest BCUT2D eigenvalue weighted by molar-refractivity contribution is 0.298. The van der Waals surface area contributed by atoms with Gasteiger partial charge in [0.25, 0.3) is 0 Å². The number of likely N-dealkylation sites (N-methyl/N-ethyl adjacent to an activating group) is 1. The van der Waals surface area contributed by atoms with E-state index in [1.165, 1.54) is 0 Å². The molecule has 0 saturated heterocycles. The topological polar surface area (TPSA) is 83.5 Å². The summed E-state index contributed by atoms with van der Waals surface area (Å²) in [7, 11) is 7.78. The molecular weight excluding hydrogens is 445 g/mol. The zero-order chi connectivity index (χ0) is 18.4. The van der Waals surface area contributed by atoms with Crippen molar-refractivity contribution in [1.29, 1.82) is 0 Å². The van der Waals surface area contributed by atoms with Crippen LogP contribution in [0.3, 0.4) is 0 Å². The van der Waals surface area contributed by atoms with Crippen molar-refractivity contribution in [2.75, 3.05) is 27.7 Å². The molecule has 0 amide bonds. The average molecular weight is 475 g/mol. The first-order valence-electron chi connectivity index (χ1n) is 8.45. The number of rotatable bonds is 7. The van der Waals surface area contributed by atoms with Gasteiger partial charge in [0.2, 0.25) is 0 Å². The standard InChI is InChI=1S/C17H29N7O.HI/c1-12(2)15-7-14(25-22-15)9-19-17(18-3)20-10-16(23(4)5)13-8-21-24(6)11-13;/h7-8,11-12,16H,9-10H2,1-6H3,(H2,18,19,20);1H. The van der Waals surface area contributed by atoms with Gasteiger partial charge in [-0.1, -0.05) is 19.0 Å². The highest BCUT2D eigenvalue weighted by molar-refractivity contribution is 14.0. The van der Waals surface area contributed by atoms with Crippen molar-refractivity contribution < 1.29 is 4.52 Å². The first-order chi connectivity index (χ1) is 11.9. The van der Waals surface area contributed by atoms with Crippen LogP contribution in [0.2, 0.25) is 0 Å². The predicted molar refractivity (Wildman–Crippen MR) is 114 cm³/mol. The lowest BCUT2D eigenvalue weighted by Crippen LogP contribution is -2.41. The summed E-state index contributed by atoms with van der Waals surface area (Å²) in [6, 6.07) is 2.17. The van der Waals surface area contributed by atoms with E-state index in [0.717, 1.165) is 23.0 Å². The summed E-state index contributed by atoms with van der Waals surface area (Å²) in [4.78, 5) is 6.42. The molecule has 146 valence electrons. The summed E-state index contributed by atoms with van der Waals surface area (Å²) < 4.78 is 7.16. The second-order valence-corrected chi connectivity index (χ2v) is 6.61. The highest BCUT2D eigenvalue weighted by Crippen LogP contribution is 2.16. The quantitative estimate of drug-likeness (QED) is 0.363. The third-order valence-electron chi connectivity index (χ3n) is 4.02. The largest absolute Gasteiger partial charge is 0.359 e. The van der Waals surface area contributed by atoms with Gasteiger partial charge < -0.3 is 20.1 Å².